The number of nitrogens with one attached hydrogen (secondary N) is 1. The highest BCUT2D eigenvalue weighted by Gasteiger charge is 2.20. The van der Waals surface area contributed by atoms with E-state index in [2.05, 4.69) is 14.7 Å². The molecule has 3 aromatic heterocycles. The average Bonchev–Trinajstić information content (AvgIpc) is 3.23. The van der Waals surface area contributed by atoms with E-state index in [4.69, 9.17) is 0 Å². The number of rotatable bonds is 4. The van der Waals surface area contributed by atoms with Crippen LogP contribution in [0.15, 0.2) is 58.3 Å². The van der Waals surface area contributed by atoms with Crippen LogP contribution in [0.5, 0.6) is 5.75 Å². The molecular weight excluding hydrogens is 378 g/mol. The summed E-state index contributed by atoms with van der Waals surface area (Å²) in [4.78, 5) is 8.37. The lowest BCUT2D eigenvalue weighted by molar-refractivity contribution is 0.475. The molecular formula is C16H11N3O3S3. The number of fused-ring (bicyclic) bond motifs is 1. The van der Waals surface area contributed by atoms with Gasteiger partial charge in [-0.3, -0.25) is 4.72 Å². The van der Waals surface area contributed by atoms with Gasteiger partial charge in [0.1, 0.15) is 9.22 Å². The topological polar surface area (TPSA) is 92.2 Å². The van der Waals surface area contributed by atoms with Crippen molar-refractivity contribution in [1.29, 1.82) is 0 Å². The molecule has 6 nitrogen and oxygen atoms in total. The first-order valence-electron chi connectivity index (χ1n) is 7.14. The Morgan fingerprint density at radius 1 is 1.12 bits per heavy atom. The number of nitrogens with zero attached hydrogens (tertiary/aromatic N) is 2. The molecule has 0 aliphatic rings. The third kappa shape index (κ3) is 3.09. The van der Waals surface area contributed by atoms with Gasteiger partial charge in [-0.2, -0.15) is 0 Å². The maximum Gasteiger partial charge on any atom is 0.272 e. The van der Waals surface area contributed by atoms with E-state index < -0.39 is 10.0 Å². The molecule has 0 saturated heterocycles. The lowest BCUT2D eigenvalue weighted by Crippen LogP contribution is -2.12. The average molecular weight is 389 g/mol. The number of pyridine rings is 1. The van der Waals surface area contributed by atoms with Gasteiger partial charge in [0.25, 0.3) is 10.0 Å². The molecule has 0 bridgehead atoms. The van der Waals surface area contributed by atoms with E-state index in [-0.39, 0.29) is 15.8 Å². The molecule has 0 fully saturated rings. The van der Waals surface area contributed by atoms with Gasteiger partial charge in [0, 0.05) is 17.1 Å². The van der Waals surface area contributed by atoms with Crippen LogP contribution in [0.3, 0.4) is 0 Å². The zero-order chi connectivity index (χ0) is 17.4. The number of aromatic nitrogens is 2. The molecule has 0 aliphatic carbocycles. The summed E-state index contributed by atoms with van der Waals surface area (Å²) in [6.45, 7) is 0. The van der Waals surface area contributed by atoms with Crippen LogP contribution in [0.2, 0.25) is 0 Å². The molecule has 3 heterocycles. The third-order valence-corrected chi connectivity index (χ3v) is 7.26. The zero-order valence-electron chi connectivity index (χ0n) is 12.6. The van der Waals surface area contributed by atoms with Crippen molar-refractivity contribution >= 4 is 48.7 Å². The number of aromatic hydroxyl groups is 1. The quantitative estimate of drug-likeness (QED) is 0.552. The van der Waals surface area contributed by atoms with Crippen molar-refractivity contribution in [2.75, 3.05) is 4.72 Å². The second kappa shape index (κ2) is 6.10. The largest absolute Gasteiger partial charge is 0.504 e. The molecule has 0 atom stereocenters. The predicted molar refractivity (Wildman–Crippen MR) is 99.6 cm³/mol. The summed E-state index contributed by atoms with van der Waals surface area (Å²) in [6.07, 6.45) is 1.40. The van der Waals surface area contributed by atoms with Gasteiger partial charge < -0.3 is 5.11 Å². The van der Waals surface area contributed by atoms with Crippen molar-refractivity contribution in [3.05, 3.63) is 54.0 Å². The monoisotopic (exact) mass is 389 g/mol. The van der Waals surface area contributed by atoms with Crippen LogP contribution in [-0.2, 0) is 10.0 Å². The molecule has 25 heavy (non-hydrogen) atoms. The molecule has 0 spiro atoms. The van der Waals surface area contributed by atoms with E-state index in [0.29, 0.717) is 0 Å². The van der Waals surface area contributed by atoms with E-state index in [1.807, 2.05) is 24.3 Å². The zero-order valence-corrected chi connectivity index (χ0v) is 15.0. The minimum absolute atomic E-state index is 0.0996. The van der Waals surface area contributed by atoms with Gasteiger partial charge in [-0.25, -0.2) is 18.4 Å². The SMILES string of the molecule is O=S(=O)(Nc1ncccc1O)c1cc(-c2nc3ccccc3s2)cs1. The van der Waals surface area contributed by atoms with E-state index in [1.54, 1.807) is 11.4 Å². The molecule has 126 valence electrons. The van der Waals surface area contributed by atoms with Crippen molar-refractivity contribution in [3.8, 4) is 16.3 Å². The van der Waals surface area contributed by atoms with E-state index in [1.165, 1.54) is 29.7 Å². The van der Waals surface area contributed by atoms with E-state index in [9.17, 15) is 13.5 Å². The molecule has 0 amide bonds. The first-order valence-corrected chi connectivity index (χ1v) is 10.3. The Bertz CT molecular complexity index is 1130. The molecule has 0 aliphatic heterocycles. The lowest BCUT2D eigenvalue weighted by atomic mass is 10.3. The number of anilines is 1. The molecule has 9 heteroatoms. The van der Waals surface area contributed by atoms with Crippen LogP contribution >= 0.6 is 22.7 Å². The molecule has 4 aromatic rings. The smallest absolute Gasteiger partial charge is 0.272 e. The van der Waals surface area contributed by atoms with Crippen molar-refractivity contribution in [3.63, 3.8) is 0 Å². The Balaban J connectivity index is 1.67. The lowest BCUT2D eigenvalue weighted by Gasteiger charge is -2.06. The Labute approximate surface area is 151 Å². The summed E-state index contributed by atoms with van der Waals surface area (Å²) in [5.41, 5.74) is 1.63. The number of para-hydroxylation sites is 1. The van der Waals surface area contributed by atoms with Gasteiger partial charge >= 0.3 is 0 Å². The van der Waals surface area contributed by atoms with Crippen LogP contribution in [0.25, 0.3) is 20.8 Å². The molecule has 4 rings (SSSR count). The van der Waals surface area contributed by atoms with Gasteiger partial charge in [-0.15, -0.1) is 22.7 Å². The number of sulfonamides is 1. The van der Waals surface area contributed by atoms with Crippen molar-refractivity contribution in [1.82, 2.24) is 9.97 Å². The highest BCUT2D eigenvalue weighted by molar-refractivity contribution is 7.94. The summed E-state index contributed by atoms with van der Waals surface area (Å²) in [5, 5.41) is 12.2. The third-order valence-electron chi connectivity index (χ3n) is 3.40. The minimum atomic E-state index is -3.83. The highest BCUT2D eigenvalue weighted by Crippen LogP contribution is 2.34. The predicted octanol–water partition coefficient (Wildman–Crippen LogP) is 3.93. The van der Waals surface area contributed by atoms with Crippen molar-refractivity contribution in [2.24, 2.45) is 0 Å². The van der Waals surface area contributed by atoms with Crippen LogP contribution in [-0.4, -0.2) is 23.5 Å². The van der Waals surface area contributed by atoms with Crippen LogP contribution in [0, 0.1) is 0 Å². The van der Waals surface area contributed by atoms with E-state index >= 15 is 0 Å². The van der Waals surface area contributed by atoms with Crippen LogP contribution in [0.1, 0.15) is 0 Å². The fourth-order valence-corrected chi connectivity index (χ4v) is 5.43. The highest BCUT2D eigenvalue weighted by atomic mass is 32.2. The fraction of sp³-hybridized carbons (Fsp3) is 0. The van der Waals surface area contributed by atoms with Gasteiger partial charge in [-0.1, -0.05) is 12.1 Å². The van der Waals surface area contributed by atoms with E-state index in [0.717, 1.165) is 32.1 Å². The Hall–Kier alpha value is -2.49. The molecule has 1 aromatic carbocycles. The standard InChI is InChI=1S/C16H11N3O3S3/c20-12-5-3-7-17-15(12)19-25(21,22)14-8-10(9-23-14)16-18-11-4-1-2-6-13(11)24-16/h1-9,20H,(H,17,19). The van der Waals surface area contributed by atoms with Gasteiger partial charge in [0.2, 0.25) is 0 Å². The Kier molecular flexibility index (Phi) is 3.91. The second-order valence-corrected chi connectivity index (χ2v) is 8.97. The van der Waals surface area contributed by atoms with Crippen LogP contribution in [0.4, 0.5) is 5.82 Å². The Morgan fingerprint density at radius 3 is 2.76 bits per heavy atom. The van der Waals surface area contributed by atoms with Gasteiger partial charge in [0.05, 0.1) is 10.2 Å². The normalized spacial score (nSPS) is 11.7. The van der Waals surface area contributed by atoms with Crippen molar-refractivity contribution in [2.45, 2.75) is 4.21 Å². The molecule has 0 radical (unpaired) electrons. The maximum atomic E-state index is 12.5. The molecule has 0 unspecified atom stereocenters. The number of thiophene rings is 1. The number of hydrogen-bond acceptors (Lipinski definition) is 7. The first-order chi connectivity index (χ1) is 12.0. The summed E-state index contributed by atoms with van der Waals surface area (Å²) in [6, 6.07) is 12.2. The fourth-order valence-electron chi connectivity index (χ4n) is 2.22. The summed E-state index contributed by atoms with van der Waals surface area (Å²) < 4.78 is 28.5. The molecule has 0 saturated carbocycles. The number of thiazole rings is 1. The summed E-state index contributed by atoms with van der Waals surface area (Å²) >= 11 is 2.60. The first kappa shape index (κ1) is 16.0. The Morgan fingerprint density at radius 2 is 1.96 bits per heavy atom. The minimum Gasteiger partial charge on any atom is -0.504 e. The van der Waals surface area contributed by atoms with Gasteiger partial charge in [0.15, 0.2) is 11.6 Å². The summed E-state index contributed by atoms with van der Waals surface area (Å²) in [5.74, 6) is -0.327. The van der Waals surface area contributed by atoms with Gasteiger partial charge in [-0.05, 0) is 30.3 Å². The number of hydrogen-bond donors (Lipinski definition) is 2. The van der Waals surface area contributed by atoms with Crippen molar-refractivity contribution < 1.29 is 13.5 Å². The summed E-state index contributed by atoms with van der Waals surface area (Å²) in [7, 11) is -3.83. The molecule has 2 N–H and O–H groups in total. The second-order valence-electron chi connectivity index (χ2n) is 5.12. The maximum absolute atomic E-state index is 12.5. The number of benzene rings is 1. The van der Waals surface area contributed by atoms with Crippen LogP contribution < -0.4 is 4.72 Å².